The zero-order valence-electron chi connectivity index (χ0n) is 38.4. The molecule has 1 saturated carbocycles. The first-order valence-electron chi connectivity index (χ1n) is 24.2. The fourth-order valence-corrected chi connectivity index (χ4v) is 9.04. The van der Waals surface area contributed by atoms with Crippen LogP contribution in [-0.2, 0) is 41.8 Å². The largest absolute Gasteiger partial charge is 0.790 e. The number of aliphatic hydroxyl groups is 4. The maximum absolute atomic E-state index is 12.8. The fraction of sp³-hybridized carbons (Fsp3) is 0.911. The van der Waals surface area contributed by atoms with Crippen LogP contribution in [0.2, 0.25) is 0 Å². The van der Waals surface area contributed by atoms with E-state index in [0.29, 0.717) is 12.8 Å². The minimum Gasteiger partial charge on any atom is -0.790 e. The number of ether oxygens (including phenoxy) is 2. The number of carbonyl (C=O) groups is 2. The summed E-state index contributed by atoms with van der Waals surface area (Å²) in [7, 11) is -11.5. The number of rotatable bonds is 41. The Kier molecular flexibility index (Phi) is 34.9. The predicted octanol–water partition coefficient (Wildman–Crippen LogP) is 7.28. The summed E-state index contributed by atoms with van der Waals surface area (Å²) in [4.78, 5) is 60.5. The van der Waals surface area contributed by atoms with E-state index in [4.69, 9.17) is 18.5 Å². The molecule has 1 fully saturated rings. The minimum atomic E-state index is -5.88. The van der Waals surface area contributed by atoms with Crippen molar-refractivity contribution in [2.75, 3.05) is 13.2 Å². The molecule has 1 aliphatic rings. The van der Waals surface area contributed by atoms with Crippen molar-refractivity contribution in [3.05, 3.63) is 12.2 Å². The van der Waals surface area contributed by atoms with Crippen LogP contribution in [0.5, 0.6) is 0 Å². The summed E-state index contributed by atoms with van der Waals surface area (Å²) < 4.78 is 48.4. The van der Waals surface area contributed by atoms with Crippen molar-refractivity contribution in [3.63, 3.8) is 0 Å². The number of carbonyl (C=O) groups excluding carboxylic acids is 2. The van der Waals surface area contributed by atoms with E-state index in [0.717, 1.165) is 64.2 Å². The molecule has 0 radical (unpaired) electrons. The topological polar surface area (TPSA) is 265 Å². The summed E-state index contributed by atoms with van der Waals surface area (Å²) >= 11 is 0. The highest BCUT2D eigenvalue weighted by Crippen LogP contribution is 2.45. The van der Waals surface area contributed by atoms with E-state index in [-0.39, 0.29) is 12.8 Å². The molecule has 0 bridgehead atoms. The molecule has 0 heterocycles. The van der Waals surface area contributed by atoms with Crippen LogP contribution in [0.15, 0.2) is 12.2 Å². The van der Waals surface area contributed by atoms with Crippen molar-refractivity contribution in [1.82, 2.24) is 0 Å². The molecule has 1 aliphatic carbocycles. The molecule has 0 aromatic heterocycles. The van der Waals surface area contributed by atoms with E-state index in [1.165, 1.54) is 103 Å². The highest BCUT2D eigenvalue weighted by atomic mass is 31.2. The van der Waals surface area contributed by atoms with Gasteiger partial charge >= 0.3 is 11.9 Å². The Balaban J connectivity index is 2.58. The highest BCUT2D eigenvalue weighted by Gasteiger charge is 2.51. The third kappa shape index (κ3) is 31.4. The van der Waals surface area contributed by atoms with Crippen molar-refractivity contribution < 1.29 is 76.9 Å². The van der Waals surface area contributed by atoms with E-state index >= 15 is 0 Å². The summed E-state index contributed by atoms with van der Waals surface area (Å²) in [6.45, 7) is 2.98. The summed E-state index contributed by atoms with van der Waals surface area (Å²) in [5.41, 5.74) is 0. The van der Waals surface area contributed by atoms with E-state index in [9.17, 15) is 53.8 Å². The smallest absolute Gasteiger partial charge is 0.306 e. The zero-order chi connectivity index (χ0) is 46.8. The third-order valence-corrected chi connectivity index (χ3v) is 12.8. The normalized spacial score (nSPS) is 22.0. The Morgan fingerprint density at radius 1 is 0.508 bits per heavy atom. The van der Waals surface area contributed by atoms with Crippen LogP contribution < -0.4 is 14.7 Å². The van der Waals surface area contributed by atoms with Gasteiger partial charge < -0.3 is 62.7 Å². The van der Waals surface area contributed by atoms with Crippen molar-refractivity contribution in [1.29, 1.82) is 0 Å². The lowest BCUT2D eigenvalue weighted by Gasteiger charge is -2.47. The first-order valence-corrected chi connectivity index (χ1v) is 27.1. The number of esters is 2. The molecule has 4 N–H and O–H groups in total. The third-order valence-electron chi connectivity index (χ3n) is 11.3. The van der Waals surface area contributed by atoms with Gasteiger partial charge in [-0.25, -0.2) is 0 Å². The van der Waals surface area contributed by atoms with Gasteiger partial charge in [-0.2, -0.15) is 0 Å². The van der Waals surface area contributed by atoms with E-state index in [1.807, 2.05) is 0 Å². The number of phosphoric acid groups is 2. The van der Waals surface area contributed by atoms with Crippen molar-refractivity contribution >= 4 is 27.6 Å². The Morgan fingerprint density at radius 3 is 1.32 bits per heavy atom. The molecule has 1 unspecified atom stereocenters. The number of allylic oxidation sites excluding steroid dienone is 2. The average molecular weight is 942 g/mol. The average Bonchev–Trinajstić information content (AvgIpc) is 3.23. The van der Waals surface area contributed by atoms with E-state index in [2.05, 4.69) is 30.5 Å². The molecule has 16 nitrogen and oxygen atoms in total. The summed E-state index contributed by atoms with van der Waals surface area (Å²) in [5, 5.41) is 40.9. The monoisotopic (exact) mass is 942 g/mol. The summed E-state index contributed by atoms with van der Waals surface area (Å²) in [6.07, 6.45) is 20.6. The van der Waals surface area contributed by atoms with Gasteiger partial charge in [-0.15, -0.1) is 0 Å². The second-order valence-corrected chi connectivity index (χ2v) is 19.6. The van der Waals surface area contributed by atoms with Gasteiger partial charge in [0.25, 0.3) is 7.82 Å². The van der Waals surface area contributed by atoms with Crippen LogP contribution >= 0.6 is 15.6 Å². The number of phosphoric ester groups is 2. The lowest BCUT2D eigenvalue weighted by molar-refractivity contribution is -0.353. The van der Waals surface area contributed by atoms with E-state index in [1.54, 1.807) is 0 Å². The Morgan fingerprint density at radius 2 is 0.889 bits per heavy atom. The van der Waals surface area contributed by atoms with Crippen molar-refractivity contribution in [2.24, 2.45) is 0 Å². The van der Waals surface area contributed by atoms with Gasteiger partial charge in [0.05, 0.1) is 14.4 Å². The molecule has 0 aliphatic heterocycles. The van der Waals surface area contributed by atoms with Crippen LogP contribution in [0.3, 0.4) is 0 Å². The van der Waals surface area contributed by atoms with Crippen molar-refractivity contribution in [2.45, 2.75) is 249 Å². The molecule has 18 heteroatoms. The van der Waals surface area contributed by atoms with Gasteiger partial charge in [0.15, 0.2) is 6.10 Å². The number of aliphatic hydroxyl groups excluding tert-OH is 4. The van der Waals surface area contributed by atoms with Gasteiger partial charge in [-0.05, 0) is 38.5 Å². The van der Waals surface area contributed by atoms with Crippen LogP contribution in [-0.4, -0.2) is 88.3 Å². The number of unbranched alkanes of at least 4 members (excludes halogenated alkanes) is 25. The molecular formula is C45H83O16P2-3. The van der Waals surface area contributed by atoms with Gasteiger partial charge in [-0.1, -0.05) is 167 Å². The second-order valence-electron chi connectivity index (χ2n) is 17.1. The lowest BCUT2D eigenvalue weighted by Crippen LogP contribution is -2.65. The molecule has 372 valence electrons. The second kappa shape index (κ2) is 36.8. The zero-order valence-corrected chi connectivity index (χ0v) is 40.2. The molecule has 1 rings (SSSR count). The van der Waals surface area contributed by atoms with E-state index < -0.39 is 83.5 Å². The molecule has 0 amide bonds. The maximum Gasteiger partial charge on any atom is 0.306 e. The SMILES string of the molecule is CCCCCCCC/C=C\CCCCCCCC(=O)O[C@H](COC(=O)CCCCCCCCCCCCCCCCC)COP(=O)([O-])O[C@H]1[C@H](O)[C@@H](OP(=O)([O-])[O-])[C@H](O)[C@@H](O)[C@H]1O. The van der Waals surface area contributed by atoms with Crippen LogP contribution in [0.25, 0.3) is 0 Å². The highest BCUT2D eigenvalue weighted by molar-refractivity contribution is 7.45. The van der Waals surface area contributed by atoms with Gasteiger partial charge in [-0.3, -0.25) is 14.2 Å². The molecule has 0 spiro atoms. The maximum atomic E-state index is 12.8. The molecule has 0 aromatic carbocycles. The molecule has 0 aromatic rings. The Bertz CT molecular complexity index is 1280. The quantitative estimate of drug-likeness (QED) is 0.0203. The lowest BCUT2D eigenvalue weighted by atomic mass is 9.85. The first kappa shape index (κ1) is 59.8. The summed E-state index contributed by atoms with van der Waals surface area (Å²) in [6, 6.07) is 0. The number of hydrogen-bond donors (Lipinski definition) is 4. The van der Waals surface area contributed by atoms with Crippen molar-refractivity contribution in [3.8, 4) is 0 Å². The fourth-order valence-electron chi connectivity index (χ4n) is 7.53. The molecular weight excluding hydrogens is 858 g/mol. The predicted molar refractivity (Wildman–Crippen MR) is 235 cm³/mol. The molecule has 63 heavy (non-hydrogen) atoms. The van der Waals surface area contributed by atoms with Crippen LogP contribution in [0, 0.1) is 0 Å². The Labute approximate surface area is 378 Å². The molecule has 8 atom stereocenters. The van der Waals surface area contributed by atoms with Crippen LogP contribution in [0.1, 0.15) is 206 Å². The summed E-state index contributed by atoms with van der Waals surface area (Å²) in [5.74, 6) is -1.26. The van der Waals surface area contributed by atoms with Crippen LogP contribution in [0.4, 0.5) is 0 Å². The minimum absolute atomic E-state index is 0.0125. The van der Waals surface area contributed by atoms with Gasteiger partial charge in [0.1, 0.15) is 43.2 Å². The number of hydrogen-bond acceptors (Lipinski definition) is 16. The molecule has 0 saturated heterocycles. The van der Waals surface area contributed by atoms with Gasteiger partial charge in [0, 0.05) is 12.8 Å². The Hall–Kier alpha value is -1.26. The standard InChI is InChI=1S/C45H86O16P2/c1-3-5-7-9-11-13-15-17-19-21-23-25-27-29-31-33-38(46)57-35-37(59-39(47)34-32-30-28-26-24-22-20-18-16-14-12-10-8-6-4-2)36-58-63(55,56)61-45-42(50)40(48)41(49)44(43(45)51)60-62(52,53)54/h18,20,37,40-45,48-51H,3-17,19,21-36H2,1-2H3,(H,55,56)(H2,52,53,54)/p-3/b20-18-/t37-,40-,41-,42-,43-,44+,45-/m1/s1. The van der Waals surface area contributed by atoms with Gasteiger partial charge in [0.2, 0.25) is 0 Å². The first-order chi connectivity index (χ1) is 30.1.